The van der Waals surface area contributed by atoms with Gasteiger partial charge in [-0.05, 0) is 96.4 Å². The van der Waals surface area contributed by atoms with E-state index in [1.165, 1.54) is 5.57 Å². The lowest BCUT2D eigenvalue weighted by Crippen LogP contribution is -2.43. The number of rotatable bonds is 11. The average Bonchev–Trinajstić information content (AvgIpc) is 2.96. The molecule has 1 saturated heterocycles. The highest BCUT2D eigenvalue weighted by molar-refractivity contribution is 8.00. The maximum atomic E-state index is 12.4. The number of nitrogens with zero attached hydrogens (tertiary/aromatic N) is 4. The largest absolute Gasteiger partial charge is 0.392 e. The zero-order valence-corrected chi connectivity index (χ0v) is 28.1. The van der Waals surface area contributed by atoms with E-state index in [9.17, 15) is 4.21 Å². The molecule has 4 unspecified atom stereocenters. The quantitative estimate of drug-likeness (QED) is 0.209. The van der Waals surface area contributed by atoms with Gasteiger partial charge in [-0.1, -0.05) is 38.1 Å². The van der Waals surface area contributed by atoms with Crippen LogP contribution in [0.3, 0.4) is 0 Å². The van der Waals surface area contributed by atoms with Gasteiger partial charge in [0, 0.05) is 52.2 Å². The summed E-state index contributed by atoms with van der Waals surface area (Å²) in [5, 5.41) is 17.5. The van der Waals surface area contributed by atoms with Crippen LogP contribution in [0.1, 0.15) is 84.8 Å². The molecule has 1 aliphatic rings. The molecule has 0 spiro atoms. The van der Waals surface area contributed by atoms with Gasteiger partial charge < -0.3 is 14.7 Å². The summed E-state index contributed by atoms with van der Waals surface area (Å²) in [6.45, 7) is 19.4. The minimum absolute atomic E-state index is 0.114. The van der Waals surface area contributed by atoms with Crippen LogP contribution in [0.2, 0.25) is 0 Å². The smallest absolute Gasteiger partial charge is 0.0720 e. The van der Waals surface area contributed by atoms with Crippen LogP contribution in [0.15, 0.2) is 58.2 Å². The number of benzene rings is 1. The second-order valence-corrected chi connectivity index (χ2v) is 13.2. The normalized spacial score (nSPS) is 19.5. The number of aliphatic imine (C=N–C) groups is 2. The molecule has 1 aromatic rings. The standard InChI is InChI=1S/C27H40N4OS.C7H13NO/c1-10-20(3)22(5)29-21(4)18-26(28-7)27-13-11-12-16-31(27)23(6)24-17-19(2)14-15-25(24)30-33(8,9)32;1-3-6(5-8)7(9)4-2/h10,14-15,17-18,27H,6,8,11-13,16H2,1-5,7,9H3,(H,30,32);6-7,9H,3-4H2,1-2H3/b20-10-,21-18+,28-26?,29-22-;. The Hall–Kier alpha value is -3.15. The lowest BCUT2D eigenvalue weighted by molar-refractivity contribution is 0.127. The van der Waals surface area contributed by atoms with Crippen LogP contribution < -0.4 is 4.72 Å². The fourth-order valence-corrected chi connectivity index (χ4v) is 5.43. The van der Waals surface area contributed by atoms with Crippen LogP contribution in [0.4, 0.5) is 5.69 Å². The second kappa shape index (κ2) is 17.7. The Morgan fingerprint density at radius 2 is 1.95 bits per heavy atom. The van der Waals surface area contributed by atoms with Crippen molar-refractivity contribution in [3.63, 3.8) is 0 Å². The molecule has 0 radical (unpaired) electrons. The highest BCUT2D eigenvalue weighted by Crippen LogP contribution is 2.33. The zero-order chi connectivity index (χ0) is 32.0. The van der Waals surface area contributed by atoms with Gasteiger partial charge >= 0.3 is 0 Å². The fraction of sp³-hybridized carbons (Fsp3) is 0.529. The van der Waals surface area contributed by atoms with E-state index >= 15 is 0 Å². The molecule has 0 amide bonds. The number of aliphatic hydroxyl groups is 1. The molecule has 2 N–H and O–H groups in total. The predicted octanol–water partition coefficient (Wildman–Crippen LogP) is 7.20. The molecule has 0 aromatic heterocycles. The molecule has 4 atom stereocenters. The van der Waals surface area contributed by atoms with Crippen LogP contribution in [0.25, 0.3) is 5.70 Å². The molecule has 0 aliphatic carbocycles. The summed E-state index contributed by atoms with van der Waals surface area (Å²) in [4.78, 5) is 11.8. The summed E-state index contributed by atoms with van der Waals surface area (Å²) < 4.78 is 15.5. The summed E-state index contributed by atoms with van der Waals surface area (Å²) >= 11 is 0. The first-order valence-corrected chi connectivity index (χ1v) is 16.9. The average molecular weight is 596 g/mol. The van der Waals surface area contributed by atoms with Crippen molar-refractivity contribution in [2.45, 2.75) is 92.7 Å². The maximum absolute atomic E-state index is 12.4. The van der Waals surface area contributed by atoms with Gasteiger partial charge in [0.25, 0.3) is 0 Å². The van der Waals surface area contributed by atoms with Gasteiger partial charge in [-0.15, -0.1) is 0 Å². The lowest BCUT2D eigenvalue weighted by Gasteiger charge is -2.39. The van der Waals surface area contributed by atoms with Crippen LogP contribution in [0, 0.1) is 24.2 Å². The van der Waals surface area contributed by atoms with Gasteiger partial charge in [0.1, 0.15) is 0 Å². The zero-order valence-electron chi connectivity index (χ0n) is 27.3. The van der Waals surface area contributed by atoms with Crippen LogP contribution in [-0.2, 0) is 9.71 Å². The molecule has 1 fully saturated rings. The van der Waals surface area contributed by atoms with Crippen molar-refractivity contribution in [2.24, 2.45) is 15.9 Å². The number of allylic oxidation sites excluding steroid dienone is 3. The molecule has 0 saturated carbocycles. The Morgan fingerprint density at radius 3 is 2.45 bits per heavy atom. The van der Waals surface area contributed by atoms with Gasteiger partial charge in [0.05, 0.1) is 35.5 Å². The minimum Gasteiger partial charge on any atom is -0.392 e. The highest BCUT2D eigenvalue weighted by atomic mass is 32.2. The van der Waals surface area contributed by atoms with Crippen molar-refractivity contribution in [3.05, 3.63) is 59.3 Å². The summed E-state index contributed by atoms with van der Waals surface area (Å²) in [5.41, 5.74) is 7.90. The number of aliphatic hydroxyl groups excluding tert-OH is 1. The molecule has 1 aliphatic heterocycles. The Morgan fingerprint density at radius 1 is 1.29 bits per heavy atom. The van der Waals surface area contributed by atoms with E-state index in [1.54, 1.807) is 6.26 Å². The van der Waals surface area contributed by atoms with E-state index in [4.69, 9.17) is 15.4 Å². The van der Waals surface area contributed by atoms with Gasteiger partial charge in [0.2, 0.25) is 0 Å². The molecule has 42 heavy (non-hydrogen) atoms. The molecule has 7 nitrogen and oxygen atoms in total. The molecule has 8 heteroatoms. The monoisotopic (exact) mass is 595 g/mol. The Kier molecular flexibility index (Phi) is 15.6. The SMILES string of the molecule is C=C(c1cc(C)ccc1NS(=C)(C)=O)N1CCCCC1C(/C=C(C)/N=C(C)\C(C)=C/C)=NC.CCC(O)C(C#N)CC. The van der Waals surface area contributed by atoms with Crippen LogP contribution >= 0.6 is 0 Å². The highest BCUT2D eigenvalue weighted by Gasteiger charge is 2.28. The Bertz CT molecular complexity index is 1330. The van der Waals surface area contributed by atoms with Crippen molar-refractivity contribution in [3.8, 4) is 6.07 Å². The van der Waals surface area contributed by atoms with Crippen LogP contribution in [0.5, 0.6) is 0 Å². The first-order valence-electron chi connectivity index (χ1n) is 14.8. The number of hydrogen-bond donors (Lipinski definition) is 2. The minimum atomic E-state index is -2.41. The molecule has 1 aromatic carbocycles. The Labute approximate surface area is 256 Å². The third kappa shape index (κ3) is 11.6. The van der Waals surface area contributed by atoms with Gasteiger partial charge in [-0.3, -0.25) is 9.98 Å². The van der Waals surface area contributed by atoms with E-state index in [1.807, 2.05) is 53.8 Å². The van der Waals surface area contributed by atoms with Gasteiger partial charge in [0.15, 0.2) is 0 Å². The summed E-state index contributed by atoms with van der Waals surface area (Å²) in [7, 11) is -0.566. The van der Waals surface area contributed by atoms with E-state index in [-0.39, 0.29) is 12.0 Å². The van der Waals surface area contributed by atoms with E-state index in [0.717, 1.165) is 71.9 Å². The molecular formula is C34H53N5O2S. The third-order valence-electron chi connectivity index (χ3n) is 7.45. The number of hydrogen-bond acceptors (Lipinski definition) is 6. The molecule has 0 bridgehead atoms. The number of piperidine rings is 1. The molecule has 232 valence electrons. The van der Waals surface area contributed by atoms with Crippen molar-refractivity contribution in [2.75, 3.05) is 24.6 Å². The number of nitrogens with one attached hydrogen (secondary N) is 1. The number of likely N-dealkylation sites (tertiary alicyclic amines) is 1. The topological polar surface area (TPSA) is 101 Å². The fourth-order valence-electron chi connectivity index (χ4n) is 4.79. The second-order valence-electron chi connectivity index (χ2n) is 11.0. The summed E-state index contributed by atoms with van der Waals surface area (Å²) in [6.07, 6.45) is 9.99. The summed E-state index contributed by atoms with van der Waals surface area (Å²) in [5.74, 6) is 3.59. The Balaban J connectivity index is 0.000000844. The number of nitriles is 1. The van der Waals surface area contributed by atoms with E-state index in [2.05, 4.69) is 65.2 Å². The maximum Gasteiger partial charge on any atom is 0.0720 e. The van der Waals surface area contributed by atoms with Crippen molar-refractivity contribution in [1.29, 1.82) is 5.26 Å². The summed E-state index contributed by atoms with van der Waals surface area (Å²) in [6, 6.07) is 8.23. The van der Waals surface area contributed by atoms with Crippen LogP contribution in [-0.4, -0.2) is 63.5 Å². The number of aryl methyl sites for hydroxylation is 1. The number of anilines is 1. The van der Waals surface area contributed by atoms with Crippen molar-refractivity contribution in [1.82, 2.24) is 4.90 Å². The molecule has 2 rings (SSSR count). The van der Waals surface area contributed by atoms with E-state index < -0.39 is 15.8 Å². The van der Waals surface area contributed by atoms with Crippen molar-refractivity contribution < 1.29 is 9.32 Å². The van der Waals surface area contributed by atoms with Gasteiger partial charge in [-0.2, -0.15) is 5.26 Å². The first-order chi connectivity index (χ1) is 19.7. The first kappa shape index (κ1) is 36.9. The lowest BCUT2D eigenvalue weighted by atomic mass is 9.94. The van der Waals surface area contributed by atoms with Crippen molar-refractivity contribution >= 4 is 38.4 Å². The third-order valence-corrected chi connectivity index (χ3v) is 8.11. The van der Waals surface area contributed by atoms with Gasteiger partial charge in [-0.25, -0.2) is 4.21 Å². The molecule has 1 heterocycles. The predicted molar refractivity (Wildman–Crippen MR) is 185 cm³/mol. The van der Waals surface area contributed by atoms with E-state index in [0.29, 0.717) is 6.42 Å². The molecular weight excluding hydrogens is 542 g/mol.